The van der Waals surface area contributed by atoms with Crippen molar-refractivity contribution in [1.29, 1.82) is 0 Å². The van der Waals surface area contributed by atoms with Gasteiger partial charge in [-0.2, -0.15) is 4.98 Å². The number of benzene rings is 2. The van der Waals surface area contributed by atoms with Crippen molar-refractivity contribution in [2.24, 2.45) is 5.92 Å². The number of rotatable bonds is 7. The minimum atomic E-state index is 0.0381. The first-order chi connectivity index (χ1) is 15.5. The predicted molar refractivity (Wildman–Crippen MR) is 122 cm³/mol. The first-order valence-corrected chi connectivity index (χ1v) is 11.0. The van der Waals surface area contributed by atoms with Crippen LogP contribution in [0.3, 0.4) is 0 Å². The summed E-state index contributed by atoms with van der Waals surface area (Å²) in [5, 5.41) is 4.15. The Hall–Kier alpha value is -3.19. The first kappa shape index (κ1) is 22.0. The summed E-state index contributed by atoms with van der Waals surface area (Å²) in [4.78, 5) is 21.6. The van der Waals surface area contributed by atoms with Gasteiger partial charge in [0.05, 0.1) is 13.7 Å². The van der Waals surface area contributed by atoms with Gasteiger partial charge in [0.15, 0.2) is 0 Å². The van der Waals surface area contributed by atoms with E-state index < -0.39 is 0 Å². The second kappa shape index (κ2) is 9.96. The number of amides is 1. The van der Waals surface area contributed by atoms with Crippen LogP contribution in [0.15, 0.2) is 53.1 Å². The summed E-state index contributed by atoms with van der Waals surface area (Å²) in [6.07, 6.45) is 1.65. The van der Waals surface area contributed by atoms with Crippen LogP contribution < -0.4 is 4.74 Å². The number of hydrogen-bond acceptors (Lipinski definition) is 6. The highest BCUT2D eigenvalue weighted by Gasteiger charge is 2.28. The molecule has 0 saturated carbocycles. The maximum absolute atomic E-state index is 13.0. The fraction of sp³-hybridized carbons (Fsp3) is 0.400. The van der Waals surface area contributed by atoms with Crippen LogP contribution in [0.4, 0.5) is 0 Å². The number of aryl methyl sites for hydroxylation is 1. The van der Waals surface area contributed by atoms with Gasteiger partial charge >= 0.3 is 0 Å². The molecule has 0 aliphatic carbocycles. The van der Waals surface area contributed by atoms with Crippen molar-refractivity contribution < 1.29 is 14.1 Å². The van der Waals surface area contributed by atoms with E-state index in [0.717, 1.165) is 48.4 Å². The van der Waals surface area contributed by atoms with E-state index in [9.17, 15) is 4.79 Å². The molecule has 1 aliphatic heterocycles. The molecule has 1 saturated heterocycles. The van der Waals surface area contributed by atoms with E-state index in [1.54, 1.807) is 7.11 Å². The van der Waals surface area contributed by atoms with E-state index in [0.29, 0.717) is 24.8 Å². The Morgan fingerprint density at radius 3 is 2.62 bits per heavy atom. The molecule has 0 spiro atoms. The fourth-order valence-electron chi connectivity index (χ4n) is 4.26. The molecule has 168 valence electrons. The maximum atomic E-state index is 13.0. The molecule has 0 atom stereocenters. The molecule has 0 bridgehead atoms. The molecule has 2 aromatic carbocycles. The highest BCUT2D eigenvalue weighted by molar-refractivity contribution is 5.78. The fourth-order valence-corrected chi connectivity index (χ4v) is 4.26. The van der Waals surface area contributed by atoms with Gasteiger partial charge in [0, 0.05) is 30.6 Å². The Kier molecular flexibility index (Phi) is 6.85. The van der Waals surface area contributed by atoms with Crippen molar-refractivity contribution in [3.63, 3.8) is 0 Å². The highest BCUT2D eigenvalue weighted by Crippen LogP contribution is 2.25. The average molecular weight is 435 g/mol. The van der Waals surface area contributed by atoms with E-state index in [4.69, 9.17) is 9.26 Å². The summed E-state index contributed by atoms with van der Waals surface area (Å²) >= 11 is 0. The topological polar surface area (TPSA) is 71.7 Å². The lowest BCUT2D eigenvalue weighted by Crippen LogP contribution is -2.40. The Morgan fingerprint density at radius 1 is 1.16 bits per heavy atom. The summed E-state index contributed by atoms with van der Waals surface area (Å²) in [6, 6.07) is 15.9. The Morgan fingerprint density at radius 2 is 1.88 bits per heavy atom. The Bertz CT molecular complexity index is 1060. The van der Waals surface area contributed by atoms with Crippen LogP contribution in [0.1, 0.15) is 29.9 Å². The van der Waals surface area contributed by atoms with Crippen LogP contribution in [0.2, 0.25) is 0 Å². The lowest BCUT2D eigenvalue weighted by Gasteiger charge is -2.32. The molecule has 0 radical (unpaired) electrons. The summed E-state index contributed by atoms with van der Waals surface area (Å²) in [6.45, 7) is 4.86. The molecule has 7 nitrogen and oxygen atoms in total. The number of methoxy groups -OCH3 is 1. The van der Waals surface area contributed by atoms with Crippen molar-refractivity contribution in [2.45, 2.75) is 32.9 Å². The molecule has 1 amide bonds. The van der Waals surface area contributed by atoms with E-state index in [1.165, 1.54) is 0 Å². The molecule has 0 N–H and O–H groups in total. The monoisotopic (exact) mass is 434 g/mol. The second-order valence-corrected chi connectivity index (χ2v) is 8.38. The van der Waals surface area contributed by atoms with Crippen molar-refractivity contribution in [3.8, 4) is 17.1 Å². The molecule has 1 fully saturated rings. The number of ether oxygens (including phenoxy) is 1. The lowest BCUT2D eigenvalue weighted by molar-refractivity contribution is -0.136. The number of carbonyl (C=O) groups is 1. The molecular formula is C25H30N4O3. The van der Waals surface area contributed by atoms with Crippen LogP contribution in [0, 0.1) is 12.8 Å². The van der Waals surface area contributed by atoms with Crippen molar-refractivity contribution in [2.75, 3.05) is 27.2 Å². The lowest BCUT2D eigenvalue weighted by atomic mass is 9.95. The molecule has 3 aromatic rings. The van der Waals surface area contributed by atoms with Crippen LogP contribution in [0.5, 0.6) is 5.75 Å². The molecule has 1 aromatic heterocycles. The third kappa shape index (κ3) is 4.99. The normalized spacial score (nSPS) is 15.0. The van der Waals surface area contributed by atoms with Crippen molar-refractivity contribution >= 4 is 5.91 Å². The van der Waals surface area contributed by atoms with Crippen molar-refractivity contribution in [1.82, 2.24) is 19.9 Å². The predicted octanol–water partition coefficient (Wildman–Crippen LogP) is 3.92. The molecule has 1 aliphatic rings. The van der Waals surface area contributed by atoms with Gasteiger partial charge in [-0.25, -0.2) is 0 Å². The second-order valence-electron chi connectivity index (χ2n) is 8.38. The third-order valence-corrected chi connectivity index (χ3v) is 6.13. The largest absolute Gasteiger partial charge is 0.496 e. The maximum Gasteiger partial charge on any atom is 0.241 e. The average Bonchev–Trinajstić information content (AvgIpc) is 3.28. The number of carbonyl (C=O) groups excluding carboxylic acids is 1. The number of para-hydroxylation sites is 1. The number of piperidine rings is 1. The standard InChI is InChI=1S/C25H30N4O3/c1-18-8-4-6-10-21(18)24-26-23(32-27-24)17-29-14-12-19(13-15-29)25(30)28(2)16-20-9-5-7-11-22(20)31-3/h4-11,19H,12-17H2,1-3H3. The quantitative estimate of drug-likeness (QED) is 0.561. The van der Waals surface area contributed by atoms with Gasteiger partial charge in [0.1, 0.15) is 5.75 Å². The SMILES string of the molecule is COc1ccccc1CN(C)C(=O)C1CCN(Cc2nc(-c3ccccc3C)no2)CC1. The van der Waals surface area contributed by atoms with Gasteiger partial charge in [-0.3, -0.25) is 9.69 Å². The molecule has 7 heteroatoms. The van der Waals surface area contributed by atoms with Crippen LogP contribution in [-0.2, 0) is 17.9 Å². The molecular weight excluding hydrogens is 404 g/mol. The molecule has 0 unspecified atom stereocenters. The van der Waals surface area contributed by atoms with Crippen molar-refractivity contribution in [3.05, 3.63) is 65.5 Å². The van der Waals surface area contributed by atoms with E-state index in [1.807, 2.05) is 67.4 Å². The van der Waals surface area contributed by atoms with Gasteiger partial charge in [-0.05, 0) is 44.5 Å². The highest BCUT2D eigenvalue weighted by atomic mass is 16.5. The van der Waals surface area contributed by atoms with Crippen LogP contribution >= 0.6 is 0 Å². The van der Waals surface area contributed by atoms with E-state index in [2.05, 4.69) is 15.0 Å². The molecule has 2 heterocycles. The number of likely N-dealkylation sites (tertiary alicyclic amines) is 1. The number of aromatic nitrogens is 2. The van der Waals surface area contributed by atoms with Crippen LogP contribution in [-0.4, -0.2) is 53.1 Å². The van der Waals surface area contributed by atoms with E-state index in [-0.39, 0.29) is 11.8 Å². The summed E-state index contributed by atoms with van der Waals surface area (Å²) < 4.78 is 10.9. The van der Waals surface area contributed by atoms with Gasteiger partial charge in [-0.1, -0.05) is 47.6 Å². The Balaban J connectivity index is 1.29. The van der Waals surface area contributed by atoms with E-state index >= 15 is 0 Å². The zero-order valence-corrected chi connectivity index (χ0v) is 19.0. The van der Waals surface area contributed by atoms with Crippen LogP contribution in [0.25, 0.3) is 11.4 Å². The van der Waals surface area contributed by atoms with Gasteiger partial charge in [-0.15, -0.1) is 0 Å². The summed E-state index contributed by atoms with van der Waals surface area (Å²) in [5.74, 6) is 2.28. The zero-order chi connectivity index (χ0) is 22.5. The summed E-state index contributed by atoms with van der Waals surface area (Å²) in [7, 11) is 3.52. The van der Waals surface area contributed by atoms with Gasteiger partial charge in [0.25, 0.3) is 0 Å². The minimum absolute atomic E-state index is 0.0381. The third-order valence-electron chi connectivity index (χ3n) is 6.13. The van der Waals surface area contributed by atoms with Gasteiger partial charge in [0.2, 0.25) is 17.6 Å². The summed E-state index contributed by atoms with van der Waals surface area (Å²) in [5.41, 5.74) is 3.13. The van der Waals surface area contributed by atoms with Gasteiger partial charge < -0.3 is 14.2 Å². The smallest absolute Gasteiger partial charge is 0.241 e. The molecule has 4 rings (SSSR count). The molecule has 32 heavy (non-hydrogen) atoms. The number of hydrogen-bond donors (Lipinski definition) is 0. The Labute approximate surface area is 189 Å². The minimum Gasteiger partial charge on any atom is -0.496 e. The zero-order valence-electron chi connectivity index (χ0n) is 19.0. The number of nitrogens with zero attached hydrogens (tertiary/aromatic N) is 4. The first-order valence-electron chi connectivity index (χ1n) is 11.0.